The molecule has 1 aromatic rings. The van der Waals surface area contributed by atoms with E-state index in [0.29, 0.717) is 19.0 Å². The first-order chi connectivity index (χ1) is 10.3. The van der Waals surface area contributed by atoms with Crippen LogP contribution in [0.15, 0.2) is 12.4 Å². The summed E-state index contributed by atoms with van der Waals surface area (Å²) >= 11 is 0. The fourth-order valence-corrected chi connectivity index (χ4v) is 2.41. The Balaban J connectivity index is 2.00. The predicted molar refractivity (Wildman–Crippen MR) is 81.2 cm³/mol. The van der Waals surface area contributed by atoms with Crippen LogP contribution in [0.2, 0.25) is 0 Å². The molecule has 0 saturated carbocycles. The van der Waals surface area contributed by atoms with E-state index in [1.54, 1.807) is 4.90 Å². The van der Waals surface area contributed by atoms with Crippen LogP contribution in [0.4, 0.5) is 15.1 Å². The standard InChI is InChI=1S/C15H23FN4O2/c1-15(2,3)22-14(21)20-7-5-6-12(10-20)19(4)13-17-8-11(16)9-18-13/h8-9,12H,5-7,10H2,1-4H3/t12-/m1/s1. The van der Waals surface area contributed by atoms with Crippen LogP contribution in [-0.2, 0) is 4.74 Å². The Bertz CT molecular complexity index is 515. The van der Waals surface area contributed by atoms with Crippen molar-refractivity contribution < 1.29 is 13.9 Å². The molecule has 1 amide bonds. The van der Waals surface area contributed by atoms with Gasteiger partial charge in [0, 0.05) is 26.2 Å². The number of halogens is 1. The number of nitrogens with zero attached hydrogens (tertiary/aromatic N) is 4. The van der Waals surface area contributed by atoms with Gasteiger partial charge in [0.15, 0.2) is 5.82 Å². The summed E-state index contributed by atoms with van der Waals surface area (Å²) in [6.45, 7) is 6.79. The Labute approximate surface area is 130 Å². The van der Waals surface area contributed by atoms with Gasteiger partial charge >= 0.3 is 6.09 Å². The summed E-state index contributed by atoms with van der Waals surface area (Å²) < 4.78 is 18.3. The molecule has 0 aromatic carbocycles. The van der Waals surface area contributed by atoms with Gasteiger partial charge in [-0.1, -0.05) is 0 Å². The number of hydrogen-bond donors (Lipinski definition) is 0. The quantitative estimate of drug-likeness (QED) is 0.840. The second-order valence-corrected chi connectivity index (χ2v) is 6.53. The lowest BCUT2D eigenvalue weighted by Gasteiger charge is -2.38. The van der Waals surface area contributed by atoms with Gasteiger partial charge in [0.05, 0.1) is 12.4 Å². The average Bonchev–Trinajstić information content (AvgIpc) is 2.46. The Morgan fingerprint density at radius 2 is 2.05 bits per heavy atom. The lowest BCUT2D eigenvalue weighted by molar-refractivity contribution is 0.0199. The van der Waals surface area contributed by atoms with Crippen molar-refractivity contribution in [1.29, 1.82) is 0 Å². The number of likely N-dealkylation sites (tertiary alicyclic amines) is 1. The normalized spacial score (nSPS) is 19.0. The molecule has 0 radical (unpaired) electrons. The first-order valence-electron chi connectivity index (χ1n) is 7.44. The molecule has 1 saturated heterocycles. The van der Waals surface area contributed by atoms with E-state index in [0.717, 1.165) is 25.2 Å². The summed E-state index contributed by atoms with van der Waals surface area (Å²) in [4.78, 5) is 23.7. The van der Waals surface area contributed by atoms with E-state index < -0.39 is 11.4 Å². The summed E-state index contributed by atoms with van der Waals surface area (Å²) in [5, 5.41) is 0. The molecule has 1 atom stereocenters. The number of anilines is 1. The second kappa shape index (κ2) is 6.46. The summed E-state index contributed by atoms with van der Waals surface area (Å²) in [5.41, 5.74) is -0.504. The van der Waals surface area contributed by atoms with Crippen LogP contribution < -0.4 is 4.90 Å². The number of hydrogen-bond acceptors (Lipinski definition) is 5. The van der Waals surface area contributed by atoms with Crippen molar-refractivity contribution in [2.45, 2.75) is 45.3 Å². The van der Waals surface area contributed by atoms with Crippen molar-refractivity contribution in [2.75, 3.05) is 25.0 Å². The summed E-state index contributed by atoms with van der Waals surface area (Å²) in [5.74, 6) is -0.00591. The van der Waals surface area contributed by atoms with Crippen molar-refractivity contribution >= 4 is 12.0 Å². The van der Waals surface area contributed by atoms with E-state index in [1.165, 1.54) is 0 Å². The fraction of sp³-hybridized carbons (Fsp3) is 0.667. The van der Waals surface area contributed by atoms with Gasteiger partial charge < -0.3 is 14.5 Å². The van der Waals surface area contributed by atoms with Gasteiger partial charge in [0.25, 0.3) is 0 Å². The number of carbonyl (C=O) groups excluding carboxylic acids is 1. The minimum Gasteiger partial charge on any atom is -0.444 e. The van der Waals surface area contributed by atoms with Crippen molar-refractivity contribution in [3.63, 3.8) is 0 Å². The zero-order chi connectivity index (χ0) is 16.3. The van der Waals surface area contributed by atoms with Gasteiger partial charge in [-0.15, -0.1) is 0 Å². The molecule has 1 aliphatic rings. The third-order valence-corrected chi connectivity index (χ3v) is 3.52. The number of likely N-dealkylation sites (N-methyl/N-ethyl adjacent to an activating group) is 1. The molecular weight excluding hydrogens is 287 g/mol. The van der Waals surface area contributed by atoms with E-state index in [2.05, 4.69) is 9.97 Å². The van der Waals surface area contributed by atoms with Crippen LogP contribution in [-0.4, -0.2) is 52.7 Å². The Morgan fingerprint density at radius 3 is 2.64 bits per heavy atom. The molecule has 6 nitrogen and oxygen atoms in total. The van der Waals surface area contributed by atoms with E-state index >= 15 is 0 Å². The molecule has 2 heterocycles. The average molecular weight is 310 g/mol. The SMILES string of the molecule is CN(c1ncc(F)cn1)[C@@H]1CCCN(C(=O)OC(C)(C)C)C1. The van der Waals surface area contributed by atoms with Gasteiger partial charge in [-0.25, -0.2) is 19.2 Å². The first-order valence-corrected chi connectivity index (χ1v) is 7.44. The Hall–Kier alpha value is -1.92. The molecule has 1 aliphatic heterocycles. The zero-order valence-corrected chi connectivity index (χ0v) is 13.5. The van der Waals surface area contributed by atoms with E-state index in [9.17, 15) is 9.18 Å². The number of amides is 1. The number of ether oxygens (including phenoxy) is 1. The maximum atomic E-state index is 12.9. The van der Waals surface area contributed by atoms with Gasteiger partial charge in [-0.3, -0.25) is 0 Å². The zero-order valence-electron chi connectivity index (χ0n) is 13.5. The van der Waals surface area contributed by atoms with Crippen LogP contribution in [0, 0.1) is 5.82 Å². The lowest BCUT2D eigenvalue weighted by atomic mass is 10.1. The monoisotopic (exact) mass is 310 g/mol. The van der Waals surface area contributed by atoms with Gasteiger partial charge in [0.2, 0.25) is 5.95 Å². The highest BCUT2D eigenvalue weighted by Crippen LogP contribution is 2.20. The molecule has 0 N–H and O–H groups in total. The molecule has 0 spiro atoms. The largest absolute Gasteiger partial charge is 0.444 e. The van der Waals surface area contributed by atoms with Crippen LogP contribution in [0.3, 0.4) is 0 Å². The number of aromatic nitrogens is 2. The van der Waals surface area contributed by atoms with Gasteiger partial charge in [-0.05, 0) is 33.6 Å². The third kappa shape index (κ3) is 4.29. The smallest absolute Gasteiger partial charge is 0.410 e. The van der Waals surface area contributed by atoms with Crippen molar-refractivity contribution in [2.24, 2.45) is 0 Å². The van der Waals surface area contributed by atoms with Crippen molar-refractivity contribution in [1.82, 2.24) is 14.9 Å². The molecular formula is C15H23FN4O2. The molecule has 122 valence electrons. The second-order valence-electron chi connectivity index (χ2n) is 6.53. The van der Waals surface area contributed by atoms with Crippen LogP contribution in [0.25, 0.3) is 0 Å². The molecule has 0 bridgehead atoms. The first kappa shape index (κ1) is 16.5. The fourth-order valence-electron chi connectivity index (χ4n) is 2.41. The molecule has 0 unspecified atom stereocenters. The topological polar surface area (TPSA) is 58.6 Å². The minimum absolute atomic E-state index is 0.0896. The highest BCUT2D eigenvalue weighted by molar-refractivity contribution is 5.68. The minimum atomic E-state index is -0.504. The summed E-state index contributed by atoms with van der Waals surface area (Å²) in [7, 11) is 1.86. The van der Waals surface area contributed by atoms with E-state index in [-0.39, 0.29) is 12.1 Å². The summed E-state index contributed by atoms with van der Waals surface area (Å²) in [6, 6.07) is 0.0896. The number of carbonyl (C=O) groups is 1. The number of rotatable bonds is 2. The molecule has 1 fully saturated rings. The van der Waals surface area contributed by atoms with Gasteiger partial charge in [0.1, 0.15) is 5.60 Å². The molecule has 0 aliphatic carbocycles. The molecule has 7 heteroatoms. The van der Waals surface area contributed by atoms with Crippen molar-refractivity contribution in [3.8, 4) is 0 Å². The van der Waals surface area contributed by atoms with E-state index in [1.807, 2.05) is 32.7 Å². The van der Waals surface area contributed by atoms with Crippen LogP contribution in [0.1, 0.15) is 33.6 Å². The molecule has 22 heavy (non-hydrogen) atoms. The predicted octanol–water partition coefficient (Wildman–Crippen LogP) is 2.45. The highest BCUT2D eigenvalue weighted by atomic mass is 19.1. The Kier molecular flexibility index (Phi) is 4.83. The molecule has 1 aromatic heterocycles. The molecule has 2 rings (SSSR count). The highest BCUT2D eigenvalue weighted by Gasteiger charge is 2.30. The van der Waals surface area contributed by atoms with Gasteiger partial charge in [-0.2, -0.15) is 0 Å². The maximum absolute atomic E-state index is 12.9. The third-order valence-electron chi connectivity index (χ3n) is 3.52. The summed E-state index contributed by atoms with van der Waals surface area (Å²) in [6.07, 6.45) is 3.80. The van der Waals surface area contributed by atoms with E-state index in [4.69, 9.17) is 4.74 Å². The van der Waals surface area contributed by atoms with Crippen molar-refractivity contribution in [3.05, 3.63) is 18.2 Å². The Morgan fingerprint density at radius 1 is 1.41 bits per heavy atom. The van der Waals surface area contributed by atoms with Crippen LogP contribution in [0.5, 0.6) is 0 Å². The lowest BCUT2D eigenvalue weighted by Crippen LogP contribution is -2.50. The maximum Gasteiger partial charge on any atom is 0.410 e. The number of piperidine rings is 1. The van der Waals surface area contributed by atoms with Crippen LogP contribution >= 0.6 is 0 Å².